The van der Waals surface area contributed by atoms with Crippen molar-refractivity contribution in [2.24, 2.45) is 0 Å². The second kappa shape index (κ2) is 12.1. The fourth-order valence-electron chi connectivity index (χ4n) is 2.67. The van der Waals surface area contributed by atoms with E-state index in [2.05, 4.69) is 35.0 Å². The fourth-order valence-corrected chi connectivity index (χ4v) is 3.35. The number of alkyl halides is 1. The second-order valence-electron chi connectivity index (χ2n) is 6.21. The van der Waals surface area contributed by atoms with Crippen molar-refractivity contribution < 1.29 is 14.6 Å². The molecule has 1 rings (SSSR count). The lowest BCUT2D eigenvalue weighted by atomic mass is 10.1. The van der Waals surface area contributed by atoms with Gasteiger partial charge in [-0.3, -0.25) is 4.79 Å². The van der Waals surface area contributed by atoms with E-state index in [1.165, 1.54) is 38.5 Å². The summed E-state index contributed by atoms with van der Waals surface area (Å²) in [6, 6.07) is 0. The van der Waals surface area contributed by atoms with Crippen LogP contribution < -0.4 is 0 Å². The molecule has 1 fully saturated rings. The molecule has 0 aromatic rings. The van der Waals surface area contributed by atoms with Gasteiger partial charge in [-0.15, -0.1) is 0 Å². The number of carboxylic acid groups (broad SMARTS) is 1. The maximum absolute atomic E-state index is 10.4. The summed E-state index contributed by atoms with van der Waals surface area (Å²) in [7, 11) is 0. The van der Waals surface area contributed by atoms with Crippen LogP contribution in [0.5, 0.6) is 0 Å². The molecule has 128 valence electrons. The minimum Gasteiger partial charge on any atom is -0.481 e. The highest BCUT2D eigenvalue weighted by Gasteiger charge is 2.41. The Bertz CT molecular complexity index is 330. The predicted octanol–water partition coefficient (Wildman–Crippen LogP) is 5.47. The molecule has 0 aromatic carbocycles. The number of hydrogen-bond acceptors (Lipinski definition) is 2. The van der Waals surface area contributed by atoms with Gasteiger partial charge in [0, 0.05) is 6.42 Å². The van der Waals surface area contributed by atoms with E-state index >= 15 is 0 Å². The maximum Gasteiger partial charge on any atom is 0.303 e. The minimum absolute atomic E-state index is 0.311. The van der Waals surface area contributed by atoms with Gasteiger partial charge in [-0.2, -0.15) is 0 Å². The normalized spacial score (nSPS) is 22.1. The molecule has 1 saturated heterocycles. The lowest BCUT2D eigenvalue weighted by molar-refractivity contribution is -0.137. The van der Waals surface area contributed by atoms with Crippen LogP contribution in [0, 0.1) is 0 Å². The van der Waals surface area contributed by atoms with Gasteiger partial charge in [0.25, 0.3) is 0 Å². The van der Waals surface area contributed by atoms with E-state index in [0.29, 0.717) is 23.5 Å². The smallest absolute Gasteiger partial charge is 0.303 e. The third kappa shape index (κ3) is 9.62. The van der Waals surface area contributed by atoms with Crippen LogP contribution in [0.3, 0.4) is 0 Å². The van der Waals surface area contributed by atoms with Crippen LogP contribution in [-0.2, 0) is 9.53 Å². The molecule has 1 aliphatic rings. The monoisotopic (exact) mass is 374 g/mol. The summed E-state index contributed by atoms with van der Waals surface area (Å²) < 4.78 is 5.72. The molecule has 1 heterocycles. The SMILES string of the molecule is CCCCCC1OC1C(Br)C=CCCCCCCCC(=O)O. The van der Waals surface area contributed by atoms with E-state index in [9.17, 15) is 4.79 Å². The summed E-state index contributed by atoms with van der Waals surface area (Å²) in [5, 5.41) is 8.54. The quantitative estimate of drug-likeness (QED) is 0.190. The zero-order chi connectivity index (χ0) is 16.2. The zero-order valence-electron chi connectivity index (χ0n) is 13.8. The molecule has 0 saturated carbocycles. The van der Waals surface area contributed by atoms with Gasteiger partial charge in [0.1, 0.15) is 6.10 Å². The standard InChI is InChI=1S/C18H31BrO3/c1-2-3-9-13-16-18(22-16)15(19)12-10-7-5-4-6-8-11-14-17(20)21/h10,12,15-16,18H,2-9,11,13-14H2,1H3,(H,20,21). The number of halogens is 1. The Morgan fingerprint density at radius 3 is 2.64 bits per heavy atom. The maximum atomic E-state index is 10.4. The molecule has 3 nitrogen and oxygen atoms in total. The zero-order valence-corrected chi connectivity index (χ0v) is 15.4. The summed E-state index contributed by atoms with van der Waals surface area (Å²) in [5.41, 5.74) is 0. The second-order valence-corrected chi connectivity index (χ2v) is 7.27. The number of unbranched alkanes of at least 4 members (excludes halogenated alkanes) is 7. The molecule has 1 aliphatic heterocycles. The van der Waals surface area contributed by atoms with Crippen molar-refractivity contribution in [2.45, 2.75) is 94.6 Å². The van der Waals surface area contributed by atoms with Crippen molar-refractivity contribution >= 4 is 21.9 Å². The third-order valence-corrected chi connectivity index (χ3v) is 4.94. The van der Waals surface area contributed by atoms with Gasteiger partial charge in [0.15, 0.2) is 0 Å². The fraction of sp³-hybridized carbons (Fsp3) is 0.833. The average Bonchev–Trinajstić information content (AvgIpc) is 3.25. The Kier molecular flexibility index (Phi) is 10.9. The van der Waals surface area contributed by atoms with Crippen LogP contribution in [-0.4, -0.2) is 28.1 Å². The molecule has 0 radical (unpaired) electrons. The van der Waals surface area contributed by atoms with Crippen LogP contribution in [0.1, 0.15) is 77.6 Å². The highest BCUT2D eigenvalue weighted by Crippen LogP contribution is 2.34. The number of allylic oxidation sites excluding steroid dienone is 1. The van der Waals surface area contributed by atoms with Crippen LogP contribution >= 0.6 is 15.9 Å². The van der Waals surface area contributed by atoms with Crippen molar-refractivity contribution in [1.29, 1.82) is 0 Å². The predicted molar refractivity (Wildman–Crippen MR) is 94.6 cm³/mol. The molecule has 0 aromatic heterocycles. The summed E-state index contributed by atoms with van der Waals surface area (Å²) in [6.45, 7) is 2.23. The van der Waals surface area contributed by atoms with Gasteiger partial charge < -0.3 is 9.84 Å². The number of ether oxygens (including phenoxy) is 1. The Morgan fingerprint density at radius 1 is 1.18 bits per heavy atom. The van der Waals surface area contributed by atoms with E-state index in [1.54, 1.807) is 0 Å². The molecule has 0 amide bonds. The van der Waals surface area contributed by atoms with Crippen LogP contribution in [0.15, 0.2) is 12.2 Å². The number of rotatable bonds is 14. The summed E-state index contributed by atoms with van der Waals surface area (Å²) >= 11 is 3.70. The van der Waals surface area contributed by atoms with E-state index < -0.39 is 5.97 Å². The van der Waals surface area contributed by atoms with Gasteiger partial charge in [-0.1, -0.05) is 73.5 Å². The van der Waals surface area contributed by atoms with Crippen molar-refractivity contribution in [2.75, 3.05) is 0 Å². The molecular weight excluding hydrogens is 344 g/mol. The van der Waals surface area contributed by atoms with Gasteiger partial charge in [-0.25, -0.2) is 0 Å². The van der Waals surface area contributed by atoms with E-state index in [4.69, 9.17) is 9.84 Å². The Hall–Kier alpha value is -0.350. The number of hydrogen-bond donors (Lipinski definition) is 1. The molecule has 3 unspecified atom stereocenters. The molecule has 1 N–H and O–H groups in total. The van der Waals surface area contributed by atoms with E-state index in [-0.39, 0.29) is 0 Å². The largest absolute Gasteiger partial charge is 0.481 e. The van der Waals surface area contributed by atoms with Crippen molar-refractivity contribution in [3.05, 3.63) is 12.2 Å². The first-order valence-corrected chi connectivity index (χ1v) is 9.74. The van der Waals surface area contributed by atoms with Crippen molar-refractivity contribution in [1.82, 2.24) is 0 Å². The lowest BCUT2D eigenvalue weighted by Crippen LogP contribution is -2.06. The first-order valence-electron chi connectivity index (χ1n) is 8.83. The van der Waals surface area contributed by atoms with E-state index in [0.717, 1.165) is 25.7 Å². The number of epoxide rings is 1. The van der Waals surface area contributed by atoms with Gasteiger partial charge in [-0.05, 0) is 25.7 Å². The summed E-state index contributed by atoms with van der Waals surface area (Å²) in [4.78, 5) is 10.7. The molecular formula is C18H31BrO3. The van der Waals surface area contributed by atoms with Crippen molar-refractivity contribution in [3.8, 4) is 0 Å². The van der Waals surface area contributed by atoms with Gasteiger partial charge >= 0.3 is 5.97 Å². The number of carbonyl (C=O) groups is 1. The van der Waals surface area contributed by atoms with Gasteiger partial charge in [0.2, 0.25) is 0 Å². The molecule has 0 bridgehead atoms. The summed E-state index contributed by atoms with van der Waals surface area (Å²) in [6.07, 6.45) is 17.2. The first kappa shape index (κ1) is 19.7. The highest BCUT2D eigenvalue weighted by molar-refractivity contribution is 9.09. The highest BCUT2D eigenvalue weighted by atomic mass is 79.9. The molecule has 22 heavy (non-hydrogen) atoms. The van der Waals surface area contributed by atoms with Crippen LogP contribution in [0.25, 0.3) is 0 Å². The van der Waals surface area contributed by atoms with Crippen LogP contribution in [0.2, 0.25) is 0 Å². The lowest BCUT2D eigenvalue weighted by Gasteiger charge is -2.01. The van der Waals surface area contributed by atoms with Gasteiger partial charge in [0.05, 0.1) is 10.9 Å². The minimum atomic E-state index is -0.679. The first-order chi connectivity index (χ1) is 10.6. The van der Waals surface area contributed by atoms with E-state index in [1.807, 2.05) is 0 Å². The number of aliphatic carboxylic acids is 1. The van der Waals surface area contributed by atoms with Crippen LogP contribution in [0.4, 0.5) is 0 Å². The molecule has 4 heteroatoms. The molecule has 0 aliphatic carbocycles. The van der Waals surface area contributed by atoms with Crippen molar-refractivity contribution in [3.63, 3.8) is 0 Å². The Balaban J connectivity index is 1.92. The average molecular weight is 375 g/mol. The Labute approximate surface area is 143 Å². The molecule has 3 atom stereocenters. The third-order valence-electron chi connectivity index (χ3n) is 4.11. The Morgan fingerprint density at radius 2 is 1.91 bits per heavy atom. The molecule has 0 spiro atoms. The summed E-state index contributed by atoms with van der Waals surface area (Å²) in [5.74, 6) is -0.679. The number of carboxylic acids is 1. The topological polar surface area (TPSA) is 49.8 Å².